The third-order valence-electron chi connectivity index (χ3n) is 6.35. The summed E-state index contributed by atoms with van der Waals surface area (Å²) in [5.41, 5.74) is 2.01. The number of rotatable bonds is 8. The maximum Gasteiger partial charge on any atom is 0.240 e. The molecule has 1 fully saturated rings. The number of aliphatic hydroxyl groups is 2. The number of aliphatic hydroxyl groups excluding tert-OH is 2. The Morgan fingerprint density at radius 2 is 1.44 bits per heavy atom. The second kappa shape index (κ2) is 9.77. The molecule has 0 radical (unpaired) electrons. The minimum atomic E-state index is -1.06. The first-order chi connectivity index (χ1) is 17.5. The highest BCUT2D eigenvalue weighted by Crippen LogP contribution is 2.47. The average molecular weight is 484 g/mol. The van der Waals surface area contributed by atoms with Crippen LogP contribution >= 0.6 is 0 Å². The van der Waals surface area contributed by atoms with Gasteiger partial charge in [0.25, 0.3) is 0 Å². The summed E-state index contributed by atoms with van der Waals surface area (Å²) in [7, 11) is 0. The molecule has 0 atom stereocenters. The molecule has 1 aliphatic rings. The van der Waals surface area contributed by atoms with Gasteiger partial charge in [-0.2, -0.15) is 0 Å². The Hall–Kier alpha value is -4.27. The first kappa shape index (κ1) is 23.5. The molecule has 182 valence electrons. The molecule has 4 aromatic rings. The van der Waals surface area contributed by atoms with Gasteiger partial charge in [0.05, 0.1) is 18.7 Å². The van der Waals surface area contributed by atoms with Crippen molar-refractivity contribution in [1.82, 2.24) is 4.98 Å². The van der Waals surface area contributed by atoms with Gasteiger partial charge in [0.15, 0.2) is 0 Å². The van der Waals surface area contributed by atoms with Crippen LogP contribution in [-0.4, -0.2) is 27.0 Å². The molecule has 5 rings (SSSR count). The molecule has 0 unspecified atom stereocenters. The number of carbonyl (C=O) groups is 2. The highest BCUT2D eigenvalue weighted by atomic mass is 16.5. The van der Waals surface area contributed by atoms with E-state index in [0.29, 0.717) is 57.7 Å². The van der Waals surface area contributed by atoms with Gasteiger partial charge in [-0.25, -0.2) is 0 Å². The second-order valence-electron chi connectivity index (χ2n) is 8.75. The fourth-order valence-corrected chi connectivity index (χ4v) is 4.08. The van der Waals surface area contributed by atoms with Crippen LogP contribution in [-0.2, 0) is 22.8 Å². The lowest BCUT2D eigenvalue weighted by atomic mass is 10.0. The normalized spacial score (nSPS) is 13.7. The smallest absolute Gasteiger partial charge is 0.240 e. The number of nitrogens with one attached hydrogen (secondary N) is 2. The van der Waals surface area contributed by atoms with E-state index < -0.39 is 5.41 Å². The van der Waals surface area contributed by atoms with Gasteiger partial charge in [-0.1, -0.05) is 18.2 Å². The number of hydrogen-bond donors (Lipinski definition) is 4. The molecule has 0 saturated heterocycles. The Kier molecular flexibility index (Phi) is 6.37. The summed E-state index contributed by atoms with van der Waals surface area (Å²) in [4.78, 5) is 30.0. The van der Waals surface area contributed by atoms with Gasteiger partial charge >= 0.3 is 0 Å². The summed E-state index contributed by atoms with van der Waals surface area (Å²) in [5, 5.41) is 25.5. The number of aromatic nitrogens is 1. The van der Waals surface area contributed by atoms with E-state index in [0.717, 1.165) is 0 Å². The van der Waals surface area contributed by atoms with Gasteiger partial charge < -0.3 is 25.6 Å². The summed E-state index contributed by atoms with van der Waals surface area (Å²) in [6.07, 6.45) is 2.62. The van der Waals surface area contributed by atoms with Crippen molar-refractivity contribution in [3.63, 3.8) is 0 Å². The molecule has 1 heterocycles. The standard InChI is InChI=1S/C28H25N3O5/c32-16-18-14-23-24(15-19(18)17-33)29-13-10-25(23)36-22-8-6-21(7-9-22)31-27(35)28(11-12-28)26(34)30-20-4-2-1-3-5-20/h1-10,13-15,32-33H,11-12,16-17H2,(H,30,34)(H,31,35). The fraction of sp³-hybridized carbons (Fsp3) is 0.179. The van der Waals surface area contributed by atoms with E-state index in [1.807, 2.05) is 18.2 Å². The van der Waals surface area contributed by atoms with E-state index in [-0.39, 0.29) is 25.0 Å². The Balaban J connectivity index is 1.28. The van der Waals surface area contributed by atoms with Gasteiger partial charge in [0.2, 0.25) is 11.8 Å². The molecule has 2 amide bonds. The van der Waals surface area contributed by atoms with Crippen LogP contribution in [0.2, 0.25) is 0 Å². The zero-order valence-electron chi connectivity index (χ0n) is 19.4. The molecule has 1 saturated carbocycles. The Bertz CT molecular complexity index is 1420. The van der Waals surface area contributed by atoms with Gasteiger partial charge in [0, 0.05) is 23.0 Å². The van der Waals surface area contributed by atoms with Crippen LogP contribution in [0.5, 0.6) is 11.5 Å². The van der Waals surface area contributed by atoms with E-state index in [1.54, 1.807) is 60.8 Å². The fourth-order valence-electron chi connectivity index (χ4n) is 4.08. The first-order valence-corrected chi connectivity index (χ1v) is 11.6. The molecular weight excluding hydrogens is 458 g/mol. The lowest BCUT2D eigenvalue weighted by molar-refractivity contribution is -0.131. The average Bonchev–Trinajstić information content (AvgIpc) is 3.72. The van der Waals surface area contributed by atoms with Gasteiger partial charge in [-0.15, -0.1) is 0 Å². The van der Waals surface area contributed by atoms with Crippen LogP contribution in [0.1, 0.15) is 24.0 Å². The number of amides is 2. The third kappa shape index (κ3) is 4.64. The largest absolute Gasteiger partial charge is 0.457 e. The van der Waals surface area contributed by atoms with Gasteiger partial charge in [-0.05, 0) is 78.6 Å². The van der Waals surface area contributed by atoms with Crippen molar-refractivity contribution < 1.29 is 24.5 Å². The summed E-state index contributed by atoms with van der Waals surface area (Å²) < 4.78 is 6.05. The summed E-state index contributed by atoms with van der Waals surface area (Å²) in [6.45, 7) is -0.402. The molecule has 1 aromatic heterocycles. The van der Waals surface area contributed by atoms with Crippen LogP contribution in [0.15, 0.2) is 79.0 Å². The maximum atomic E-state index is 12.9. The Morgan fingerprint density at radius 1 is 0.833 bits per heavy atom. The number of fused-ring (bicyclic) bond motifs is 1. The maximum absolute atomic E-state index is 12.9. The van der Waals surface area contributed by atoms with Crippen molar-refractivity contribution in [3.8, 4) is 11.5 Å². The van der Waals surface area contributed by atoms with Crippen molar-refractivity contribution in [1.29, 1.82) is 0 Å². The molecule has 3 aromatic carbocycles. The SMILES string of the molecule is O=C(Nc1ccccc1)C1(C(=O)Nc2ccc(Oc3ccnc4cc(CO)c(CO)cc34)cc2)CC1. The number of carbonyl (C=O) groups excluding carboxylic acids is 2. The van der Waals surface area contributed by atoms with Gasteiger partial charge in [0.1, 0.15) is 16.9 Å². The van der Waals surface area contributed by atoms with Crippen molar-refractivity contribution >= 4 is 34.1 Å². The summed E-state index contributed by atoms with van der Waals surface area (Å²) in [6, 6.07) is 21.2. The number of pyridine rings is 1. The summed E-state index contributed by atoms with van der Waals surface area (Å²) in [5.74, 6) is 0.453. The van der Waals surface area contributed by atoms with E-state index in [1.165, 1.54) is 0 Å². The quantitative estimate of drug-likeness (QED) is 0.276. The van der Waals surface area contributed by atoms with Crippen molar-refractivity contribution in [2.75, 3.05) is 10.6 Å². The van der Waals surface area contributed by atoms with E-state index >= 15 is 0 Å². The molecule has 0 spiro atoms. The highest BCUT2D eigenvalue weighted by Gasteiger charge is 2.56. The number of benzene rings is 3. The Labute approximate surface area is 207 Å². The number of ether oxygens (including phenoxy) is 1. The van der Waals surface area contributed by atoms with Crippen LogP contribution in [0.25, 0.3) is 10.9 Å². The lowest BCUT2D eigenvalue weighted by Gasteiger charge is -2.16. The van der Waals surface area contributed by atoms with E-state index in [2.05, 4.69) is 15.6 Å². The molecular formula is C28H25N3O5. The Morgan fingerprint density at radius 3 is 2.06 bits per heavy atom. The number of hydrogen-bond acceptors (Lipinski definition) is 6. The van der Waals surface area contributed by atoms with E-state index in [9.17, 15) is 19.8 Å². The molecule has 0 aliphatic heterocycles. The predicted octanol–water partition coefficient (Wildman–Crippen LogP) is 4.37. The monoisotopic (exact) mass is 483 g/mol. The molecule has 4 N–H and O–H groups in total. The summed E-state index contributed by atoms with van der Waals surface area (Å²) >= 11 is 0. The molecule has 0 bridgehead atoms. The van der Waals surface area contributed by atoms with Crippen LogP contribution in [0, 0.1) is 5.41 Å². The molecule has 36 heavy (non-hydrogen) atoms. The van der Waals surface area contributed by atoms with Crippen LogP contribution < -0.4 is 15.4 Å². The number of anilines is 2. The number of nitrogens with zero attached hydrogens (tertiary/aromatic N) is 1. The van der Waals surface area contributed by atoms with Crippen LogP contribution in [0.3, 0.4) is 0 Å². The van der Waals surface area contributed by atoms with Crippen molar-refractivity contribution in [2.45, 2.75) is 26.1 Å². The molecule has 8 nitrogen and oxygen atoms in total. The van der Waals surface area contributed by atoms with Crippen molar-refractivity contribution in [3.05, 3.63) is 90.1 Å². The zero-order valence-corrected chi connectivity index (χ0v) is 19.4. The highest BCUT2D eigenvalue weighted by molar-refractivity contribution is 6.16. The topological polar surface area (TPSA) is 121 Å². The van der Waals surface area contributed by atoms with Crippen molar-refractivity contribution in [2.24, 2.45) is 5.41 Å². The lowest BCUT2D eigenvalue weighted by Crippen LogP contribution is -2.35. The predicted molar refractivity (Wildman–Crippen MR) is 135 cm³/mol. The molecule has 8 heteroatoms. The van der Waals surface area contributed by atoms with Crippen LogP contribution in [0.4, 0.5) is 11.4 Å². The third-order valence-corrected chi connectivity index (χ3v) is 6.35. The first-order valence-electron chi connectivity index (χ1n) is 11.6. The van der Waals surface area contributed by atoms with E-state index in [4.69, 9.17) is 4.74 Å². The minimum Gasteiger partial charge on any atom is -0.457 e. The second-order valence-corrected chi connectivity index (χ2v) is 8.75. The van der Waals surface area contributed by atoms with Gasteiger partial charge in [-0.3, -0.25) is 14.6 Å². The molecule has 1 aliphatic carbocycles. The number of para-hydroxylation sites is 1. The zero-order chi connectivity index (χ0) is 25.1. The minimum absolute atomic E-state index is 0.193.